The Labute approximate surface area is 94.0 Å². The van der Waals surface area contributed by atoms with E-state index in [9.17, 15) is 0 Å². The second-order valence-corrected chi connectivity index (χ2v) is 4.84. The van der Waals surface area contributed by atoms with Gasteiger partial charge in [0.05, 0.1) is 6.10 Å². The first kappa shape index (κ1) is 12.9. The van der Waals surface area contributed by atoms with Crippen LogP contribution in [0.15, 0.2) is 0 Å². The predicted octanol–water partition coefficient (Wildman–Crippen LogP) is 1.33. The summed E-state index contributed by atoms with van der Waals surface area (Å²) >= 11 is 0. The Bertz CT molecular complexity index is 175. The summed E-state index contributed by atoms with van der Waals surface area (Å²) in [6.45, 7) is 8.11. The second kappa shape index (κ2) is 6.46. The van der Waals surface area contributed by atoms with Crippen molar-refractivity contribution in [3.63, 3.8) is 0 Å². The molecule has 0 aromatic rings. The standard InChI is InChI=1S/C12H26N2O/c1-4-15-12(8-13)5-6-14(3)9-11-7-10(11)2/h10-12H,4-9,13H2,1-3H3. The molecule has 1 rings (SSSR count). The highest BCUT2D eigenvalue weighted by atomic mass is 16.5. The fourth-order valence-electron chi connectivity index (χ4n) is 2.01. The fourth-order valence-corrected chi connectivity index (χ4v) is 2.01. The molecule has 0 saturated heterocycles. The molecule has 1 saturated carbocycles. The SMILES string of the molecule is CCOC(CN)CCN(C)CC1CC1C. The summed E-state index contributed by atoms with van der Waals surface area (Å²) in [6, 6.07) is 0. The van der Waals surface area contributed by atoms with Crippen LogP contribution in [0, 0.1) is 11.8 Å². The topological polar surface area (TPSA) is 38.5 Å². The summed E-state index contributed by atoms with van der Waals surface area (Å²) in [4.78, 5) is 2.41. The second-order valence-electron chi connectivity index (χ2n) is 4.84. The number of nitrogens with two attached hydrogens (primary N) is 1. The number of rotatable bonds is 8. The zero-order valence-corrected chi connectivity index (χ0v) is 10.4. The van der Waals surface area contributed by atoms with Crippen molar-refractivity contribution in [3.05, 3.63) is 0 Å². The monoisotopic (exact) mass is 214 g/mol. The fraction of sp³-hybridized carbons (Fsp3) is 1.00. The Hall–Kier alpha value is -0.120. The van der Waals surface area contributed by atoms with Crippen LogP contribution in [0.5, 0.6) is 0 Å². The first-order valence-corrected chi connectivity index (χ1v) is 6.17. The minimum absolute atomic E-state index is 0.245. The average molecular weight is 214 g/mol. The van der Waals surface area contributed by atoms with Crippen molar-refractivity contribution in [2.75, 3.05) is 33.3 Å². The zero-order chi connectivity index (χ0) is 11.3. The van der Waals surface area contributed by atoms with Gasteiger partial charge < -0.3 is 15.4 Å². The molecule has 0 radical (unpaired) electrons. The Kier molecular flexibility index (Phi) is 5.58. The number of nitrogens with zero attached hydrogens (tertiary/aromatic N) is 1. The number of hydrogen-bond acceptors (Lipinski definition) is 3. The van der Waals surface area contributed by atoms with Gasteiger partial charge in [-0.25, -0.2) is 0 Å². The molecule has 2 N–H and O–H groups in total. The van der Waals surface area contributed by atoms with Crippen molar-refractivity contribution in [1.82, 2.24) is 4.90 Å². The molecule has 3 unspecified atom stereocenters. The molecule has 1 aliphatic rings. The first-order valence-electron chi connectivity index (χ1n) is 6.17. The van der Waals surface area contributed by atoms with E-state index in [0.717, 1.165) is 31.4 Å². The molecule has 0 aromatic carbocycles. The van der Waals surface area contributed by atoms with Gasteiger partial charge in [-0.2, -0.15) is 0 Å². The highest BCUT2D eigenvalue weighted by Gasteiger charge is 2.32. The van der Waals surface area contributed by atoms with Gasteiger partial charge in [0.15, 0.2) is 0 Å². The van der Waals surface area contributed by atoms with Gasteiger partial charge in [-0.15, -0.1) is 0 Å². The predicted molar refractivity (Wildman–Crippen MR) is 63.9 cm³/mol. The van der Waals surface area contributed by atoms with Gasteiger partial charge in [0.25, 0.3) is 0 Å². The van der Waals surface area contributed by atoms with Crippen LogP contribution < -0.4 is 5.73 Å². The van der Waals surface area contributed by atoms with E-state index in [4.69, 9.17) is 10.5 Å². The molecule has 3 nitrogen and oxygen atoms in total. The Morgan fingerprint density at radius 2 is 2.20 bits per heavy atom. The van der Waals surface area contributed by atoms with Crippen molar-refractivity contribution < 1.29 is 4.74 Å². The molecule has 0 aliphatic heterocycles. The lowest BCUT2D eigenvalue weighted by Gasteiger charge is -2.20. The molecular weight excluding hydrogens is 188 g/mol. The zero-order valence-electron chi connectivity index (χ0n) is 10.4. The van der Waals surface area contributed by atoms with Gasteiger partial charge in [0.2, 0.25) is 0 Å². The molecule has 1 aliphatic carbocycles. The quantitative estimate of drug-likeness (QED) is 0.662. The van der Waals surface area contributed by atoms with Crippen LogP contribution in [0.4, 0.5) is 0 Å². The smallest absolute Gasteiger partial charge is 0.0709 e. The lowest BCUT2D eigenvalue weighted by molar-refractivity contribution is 0.0560. The van der Waals surface area contributed by atoms with Gasteiger partial charge >= 0.3 is 0 Å². The third-order valence-corrected chi connectivity index (χ3v) is 3.32. The third kappa shape index (κ3) is 4.96. The Balaban J connectivity index is 2.06. The van der Waals surface area contributed by atoms with E-state index in [1.807, 2.05) is 6.92 Å². The van der Waals surface area contributed by atoms with Crippen LogP contribution in [0.1, 0.15) is 26.7 Å². The molecule has 0 amide bonds. The van der Waals surface area contributed by atoms with Gasteiger partial charge in [0.1, 0.15) is 0 Å². The highest BCUT2D eigenvalue weighted by Crippen LogP contribution is 2.37. The van der Waals surface area contributed by atoms with E-state index >= 15 is 0 Å². The molecular formula is C12H26N2O. The van der Waals surface area contributed by atoms with E-state index in [2.05, 4.69) is 18.9 Å². The molecule has 1 fully saturated rings. The summed E-state index contributed by atoms with van der Waals surface area (Å²) < 4.78 is 5.53. The molecule has 0 spiro atoms. The lowest BCUT2D eigenvalue weighted by atomic mass is 10.2. The van der Waals surface area contributed by atoms with Gasteiger partial charge in [-0.3, -0.25) is 0 Å². The van der Waals surface area contributed by atoms with Gasteiger partial charge in [-0.05, 0) is 38.6 Å². The minimum Gasteiger partial charge on any atom is -0.377 e. The summed E-state index contributed by atoms with van der Waals surface area (Å²) in [7, 11) is 2.20. The van der Waals surface area contributed by atoms with Crippen molar-refractivity contribution in [3.8, 4) is 0 Å². The van der Waals surface area contributed by atoms with E-state index in [0.29, 0.717) is 6.54 Å². The lowest BCUT2D eigenvalue weighted by Crippen LogP contribution is -2.30. The van der Waals surface area contributed by atoms with Crippen LogP contribution >= 0.6 is 0 Å². The Morgan fingerprint density at radius 1 is 1.53 bits per heavy atom. The maximum Gasteiger partial charge on any atom is 0.0709 e. The number of hydrogen-bond donors (Lipinski definition) is 1. The van der Waals surface area contributed by atoms with Crippen LogP contribution in [-0.2, 0) is 4.74 Å². The van der Waals surface area contributed by atoms with Gasteiger partial charge in [0, 0.05) is 26.2 Å². The summed E-state index contributed by atoms with van der Waals surface area (Å²) in [5, 5.41) is 0. The maximum absolute atomic E-state index is 5.64. The van der Waals surface area contributed by atoms with E-state index in [1.165, 1.54) is 13.0 Å². The Morgan fingerprint density at radius 3 is 2.67 bits per heavy atom. The highest BCUT2D eigenvalue weighted by molar-refractivity contribution is 4.84. The largest absolute Gasteiger partial charge is 0.377 e. The normalized spacial score (nSPS) is 27.0. The molecule has 15 heavy (non-hydrogen) atoms. The molecule has 3 atom stereocenters. The van der Waals surface area contributed by atoms with E-state index < -0.39 is 0 Å². The van der Waals surface area contributed by atoms with Crippen molar-refractivity contribution in [2.24, 2.45) is 17.6 Å². The average Bonchev–Trinajstić information content (AvgIpc) is 2.88. The molecule has 0 bridgehead atoms. The maximum atomic E-state index is 5.64. The number of ether oxygens (including phenoxy) is 1. The van der Waals surface area contributed by atoms with Crippen molar-refractivity contribution in [2.45, 2.75) is 32.8 Å². The van der Waals surface area contributed by atoms with Crippen LogP contribution in [0.25, 0.3) is 0 Å². The summed E-state index contributed by atoms with van der Waals surface area (Å²) in [5.74, 6) is 1.89. The molecule has 0 aromatic heterocycles. The van der Waals surface area contributed by atoms with Crippen LogP contribution in [0.3, 0.4) is 0 Å². The molecule has 3 heteroatoms. The van der Waals surface area contributed by atoms with Crippen LogP contribution in [0.2, 0.25) is 0 Å². The van der Waals surface area contributed by atoms with E-state index in [1.54, 1.807) is 0 Å². The summed E-state index contributed by atoms with van der Waals surface area (Å²) in [5.41, 5.74) is 5.64. The molecule has 90 valence electrons. The van der Waals surface area contributed by atoms with E-state index in [-0.39, 0.29) is 6.10 Å². The van der Waals surface area contributed by atoms with Crippen molar-refractivity contribution in [1.29, 1.82) is 0 Å². The first-order chi connectivity index (χ1) is 7.17. The van der Waals surface area contributed by atoms with Crippen molar-refractivity contribution >= 4 is 0 Å². The molecule has 0 heterocycles. The minimum atomic E-state index is 0.245. The third-order valence-electron chi connectivity index (χ3n) is 3.32. The summed E-state index contributed by atoms with van der Waals surface area (Å²) in [6.07, 6.45) is 2.71. The van der Waals surface area contributed by atoms with Crippen LogP contribution in [-0.4, -0.2) is 44.3 Å². The van der Waals surface area contributed by atoms with Gasteiger partial charge in [-0.1, -0.05) is 6.92 Å².